The molecule has 0 aliphatic heterocycles. The predicted octanol–water partition coefficient (Wildman–Crippen LogP) is 5.05. The van der Waals surface area contributed by atoms with Gasteiger partial charge in [0.05, 0.1) is 0 Å². The van der Waals surface area contributed by atoms with Crippen molar-refractivity contribution in [2.75, 3.05) is 6.54 Å². The van der Waals surface area contributed by atoms with Gasteiger partial charge in [0.15, 0.2) is 0 Å². The Labute approximate surface area is 211 Å². The van der Waals surface area contributed by atoms with Crippen LogP contribution in [-0.4, -0.2) is 47.0 Å². The first-order chi connectivity index (χ1) is 16.3. The van der Waals surface area contributed by atoms with Crippen LogP contribution in [0.4, 0.5) is 4.79 Å². The van der Waals surface area contributed by atoms with Crippen molar-refractivity contribution in [3.63, 3.8) is 0 Å². The minimum atomic E-state index is -0.811. The number of hydrogen-bond donors (Lipinski definition) is 2. The van der Waals surface area contributed by atoms with Gasteiger partial charge in [-0.15, -0.1) is 0 Å². The number of carbonyl (C=O) groups excluding carboxylic acids is 3. The zero-order chi connectivity index (χ0) is 26.5. The highest BCUT2D eigenvalue weighted by Crippen LogP contribution is 2.41. The van der Waals surface area contributed by atoms with E-state index in [2.05, 4.69) is 24.5 Å². The number of aryl methyl sites for hydroxylation is 1. The molecule has 0 heterocycles. The zero-order valence-corrected chi connectivity index (χ0v) is 23.0. The number of amides is 3. The first-order valence-corrected chi connectivity index (χ1v) is 12.9. The molecule has 35 heavy (non-hydrogen) atoms. The zero-order valence-electron chi connectivity index (χ0n) is 23.0. The molecule has 4 atom stereocenters. The summed E-state index contributed by atoms with van der Waals surface area (Å²) >= 11 is 0. The minimum Gasteiger partial charge on any atom is -0.444 e. The summed E-state index contributed by atoms with van der Waals surface area (Å²) < 4.78 is 5.44. The van der Waals surface area contributed by atoms with Crippen LogP contribution >= 0.6 is 0 Å². The highest BCUT2D eigenvalue weighted by molar-refractivity contribution is 5.93. The van der Waals surface area contributed by atoms with Crippen LogP contribution in [0.15, 0.2) is 18.2 Å². The molecule has 1 fully saturated rings. The lowest BCUT2D eigenvalue weighted by atomic mass is 9.93. The molecule has 7 heteroatoms. The van der Waals surface area contributed by atoms with Crippen molar-refractivity contribution < 1.29 is 19.1 Å². The van der Waals surface area contributed by atoms with Crippen LogP contribution in [0.5, 0.6) is 0 Å². The van der Waals surface area contributed by atoms with Gasteiger partial charge in [-0.3, -0.25) is 9.59 Å². The van der Waals surface area contributed by atoms with E-state index >= 15 is 0 Å². The Bertz CT molecular complexity index is 906. The number of hydrogen-bond acceptors (Lipinski definition) is 4. The van der Waals surface area contributed by atoms with Crippen LogP contribution in [0.3, 0.4) is 0 Å². The quantitative estimate of drug-likeness (QED) is 0.452. The Hall–Kier alpha value is -2.57. The molecule has 2 rings (SSSR count). The Morgan fingerprint density at radius 2 is 1.80 bits per heavy atom. The van der Waals surface area contributed by atoms with Gasteiger partial charge in [0, 0.05) is 12.6 Å². The summed E-state index contributed by atoms with van der Waals surface area (Å²) in [6, 6.07) is 4.24. The standard InChI is InChI=1S/C28H45N3O4/c1-10-11-15-29-25(32)24(21-14-12-13-18(4)20(21)6)31(22-16-19(22)5)26(33)23(17(2)3)30-27(34)35-28(7,8)9/h12-14,17,19,22-24H,10-11,15-16H2,1-9H3,(H,29,32)(H,30,34). The molecule has 4 unspecified atom stereocenters. The van der Waals surface area contributed by atoms with E-state index in [0.29, 0.717) is 6.54 Å². The number of alkyl carbamates (subject to hydrolysis) is 1. The van der Waals surface area contributed by atoms with Crippen LogP contribution in [0, 0.1) is 25.7 Å². The predicted molar refractivity (Wildman–Crippen MR) is 139 cm³/mol. The molecule has 1 saturated carbocycles. The van der Waals surface area contributed by atoms with Crippen LogP contribution in [0.1, 0.15) is 90.5 Å². The fourth-order valence-corrected chi connectivity index (χ4v) is 4.25. The van der Waals surface area contributed by atoms with Crippen molar-refractivity contribution in [2.45, 2.75) is 105 Å². The Morgan fingerprint density at radius 1 is 1.17 bits per heavy atom. The lowest BCUT2D eigenvalue weighted by molar-refractivity contribution is -0.144. The molecular weight excluding hydrogens is 442 g/mol. The van der Waals surface area contributed by atoms with E-state index in [4.69, 9.17) is 4.74 Å². The molecule has 0 radical (unpaired) electrons. The van der Waals surface area contributed by atoms with Gasteiger partial charge in [-0.1, -0.05) is 52.3 Å². The fourth-order valence-electron chi connectivity index (χ4n) is 4.25. The maximum Gasteiger partial charge on any atom is 0.408 e. The second-order valence-electron chi connectivity index (χ2n) is 11.2. The van der Waals surface area contributed by atoms with E-state index in [9.17, 15) is 14.4 Å². The highest BCUT2D eigenvalue weighted by atomic mass is 16.6. The number of nitrogens with zero attached hydrogens (tertiary/aromatic N) is 1. The average Bonchev–Trinajstić information content (AvgIpc) is 3.46. The molecular formula is C28H45N3O4. The summed E-state index contributed by atoms with van der Waals surface area (Å²) in [6.45, 7) is 17.9. The van der Waals surface area contributed by atoms with Gasteiger partial charge in [0.25, 0.3) is 0 Å². The summed E-state index contributed by atoms with van der Waals surface area (Å²) in [5.41, 5.74) is 2.21. The number of rotatable bonds is 10. The molecule has 1 aliphatic rings. The summed E-state index contributed by atoms with van der Waals surface area (Å²) in [7, 11) is 0. The SMILES string of the molecule is CCCCNC(=O)C(c1cccc(C)c1C)N(C(=O)C(NC(=O)OC(C)(C)C)C(C)C)C1CC1C. The normalized spacial score (nSPS) is 19.0. The third-order valence-electron chi connectivity index (χ3n) is 6.58. The number of unbranched alkanes of at least 4 members (excludes halogenated alkanes) is 1. The monoisotopic (exact) mass is 487 g/mol. The summed E-state index contributed by atoms with van der Waals surface area (Å²) in [4.78, 5) is 42.1. The molecule has 0 bridgehead atoms. The molecule has 3 amide bonds. The molecule has 0 spiro atoms. The average molecular weight is 488 g/mol. The topological polar surface area (TPSA) is 87.7 Å². The van der Waals surface area contributed by atoms with Gasteiger partial charge in [0.2, 0.25) is 11.8 Å². The van der Waals surface area contributed by atoms with Gasteiger partial charge in [0.1, 0.15) is 17.7 Å². The van der Waals surface area contributed by atoms with Crippen molar-refractivity contribution in [1.29, 1.82) is 0 Å². The van der Waals surface area contributed by atoms with Crippen molar-refractivity contribution in [2.24, 2.45) is 11.8 Å². The van der Waals surface area contributed by atoms with Crippen molar-refractivity contribution in [1.82, 2.24) is 15.5 Å². The van der Waals surface area contributed by atoms with Gasteiger partial charge in [-0.05, 0) is 76.0 Å². The number of benzene rings is 1. The van der Waals surface area contributed by atoms with Gasteiger partial charge < -0.3 is 20.3 Å². The number of nitrogens with one attached hydrogen (secondary N) is 2. The maximum atomic E-state index is 14.1. The Kier molecular flexibility index (Phi) is 9.76. The van der Waals surface area contributed by atoms with Crippen molar-refractivity contribution >= 4 is 17.9 Å². The van der Waals surface area contributed by atoms with E-state index in [-0.39, 0.29) is 29.7 Å². The largest absolute Gasteiger partial charge is 0.444 e. The first-order valence-electron chi connectivity index (χ1n) is 12.9. The lowest BCUT2D eigenvalue weighted by Crippen LogP contribution is -2.56. The Balaban J connectivity index is 2.50. The fraction of sp³-hybridized carbons (Fsp3) is 0.679. The van der Waals surface area contributed by atoms with Gasteiger partial charge >= 0.3 is 6.09 Å². The van der Waals surface area contributed by atoms with Crippen molar-refractivity contribution in [3.05, 3.63) is 34.9 Å². The molecule has 1 aliphatic carbocycles. The summed E-state index contributed by atoms with van der Waals surface area (Å²) in [5.74, 6) is -0.338. The molecule has 2 N–H and O–H groups in total. The number of ether oxygens (including phenoxy) is 1. The van der Waals surface area contributed by atoms with E-state index in [1.807, 2.05) is 45.9 Å². The highest BCUT2D eigenvalue weighted by Gasteiger charge is 2.48. The maximum absolute atomic E-state index is 14.1. The third-order valence-corrected chi connectivity index (χ3v) is 6.58. The third kappa shape index (κ3) is 7.71. The van der Waals surface area contributed by atoms with Gasteiger partial charge in [-0.2, -0.15) is 0 Å². The van der Waals surface area contributed by atoms with Crippen LogP contribution in [0.2, 0.25) is 0 Å². The van der Waals surface area contributed by atoms with E-state index in [1.165, 1.54) is 0 Å². The lowest BCUT2D eigenvalue weighted by Gasteiger charge is -2.36. The molecule has 0 saturated heterocycles. The molecule has 7 nitrogen and oxygen atoms in total. The van der Waals surface area contributed by atoms with Crippen LogP contribution in [-0.2, 0) is 14.3 Å². The van der Waals surface area contributed by atoms with E-state index in [1.54, 1.807) is 25.7 Å². The second kappa shape index (κ2) is 11.9. The van der Waals surface area contributed by atoms with Crippen LogP contribution < -0.4 is 10.6 Å². The Morgan fingerprint density at radius 3 is 2.31 bits per heavy atom. The smallest absolute Gasteiger partial charge is 0.408 e. The molecule has 0 aromatic heterocycles. The number of carbonyl (C=O) groups is 3. The van der Waals surface area contributed by atoms with Crippen molar-refractivity contribution in [3.8, 4) is 0 Å². The molecule has 196 valence electrons. The van der Waals surface area contributed by atoms with Crippen LogP contribution in [0.25, 0.3) is 0 Å². The molecule has 1 aromatic carbocycles. The summed E-state index contributed by atoms with van der Waals surface area (Å²) in [5, 5.41) is 5.85. The minimum absolute atomic E-state index is 0.0639. The second-order valence-corrected chi connectivity index (χ2v) is 11.2. The first kappa shape index (κ1) is 28.7. The van der Waals surface area contributed by atoms with E-state index < -0.39 is 23.8 Å². The van der Waals surface area contributed by atoms with Gasteiger partial charge in [-0.25, -0.2) is 4.79 Å². The summed E-state index contributed by atoms with van der Waals surface area (Å²) in [6.07, 6.45) is 2.02. The van der Waals surface area contributed by atoms with E-state index in [0.717, 1.165) is 36.0 Å². The molecule has 1 aromatic rings.